The Morgan fingerprint density at radius 2 is 0.694 bits per heavy atom. The third kappa shape index (κ3) is 11.0. The fourth-order valence-electron chi connectivity index (χ4n) is 16.8. The first-order chi connectivity index (χ1) is 48.2. The number of hydrogen-bond donors (Lipinski definition) is 0. The Labute approximate surface area is 580 Å². The van der Waals surface area contributed by atoms with Crippen molar-refractivity contribution >= 4 is 97.7 Å². The molecule has 2 fully saturated rings. The standard InChI is InChI=1S/C32H35N2.C30H31N2.C30H25N2/c1-21-8-6-7-9-25(21)29-19-30-28(20-33(29)4)27-13-11-24-18-23(10-12-26(24)31(27)34(30)5)22-14-16-32(2,3)17-15-22;2*1-20-9-7-8-12-24(20)28-18-29-27(19-31(28)2)26-16-14-23-17-22(21-10-5-4-6-11-21)13-15-25(23)30(26)32(29)3/h6-13,18-20,22H,14-17H2,1-5H3;7-9,12-19,21H,4-6,10-11H2,1-3H3;4-19H,1-3H3/q3*+1/i22D;21D;. The summed E-state index contributed by atoms with van der Waals surface area (Å²) in [6, 6.07) is 77.4. The third-order valence-corrected chi connectivity index (χ3v) is 22.5. The Morgan fingerprint density at radius 3 is 1.09 bits per heavy atom. The lowest BCUT2D eigenvalue weighted by Gasteiger charge is -2.34. The van der Waals surface area contributed by atoms with Gasteiger partial charge in [-0.05, 0) is 156 Å². The van der Waals surface area contributed by atoms with Crippen molar-refractivity contribution in [2.75, 3.05) is 0 Å². The number of aromatic nitrogens is 6. The van der Waals surface area contributed by atoms with E-state index in [0.717, 1.165) is 38.5 Å². The molecule has 0 aliphatic heterocycles. The summed E-state index contributed by atoms with van der Waals surface area (Å²) in [6.45, 7) is 11.2. The van der Waals surface area contributed by atoms with Crippen LogP contribution in [-0.4, -0.2) is 13.7 Å². The highest BCUT2D eigenvalue weighted by atomic mass is 15.0. The summed E-state index contributed by atoms with van der Waals surface area (Å²) in [6.07, 6.45) is 16.5. The van der Waals surface area contributed by atoms with Gasteiger partial charge < -0.3 is 13.7 Å². The average molecular weight is 1280 g/mol. The molecule has 18 rings (SSSR count). The molecule has 0 radical (unpaired) electrons. The lowest BCUT2D eigenvalue weighted by molar-refractivity contribution is -0.659. The number of aryl methyl sites for hydroxylation is 9. The van der Waals surface area contributed by atoms with E-state index >= 15 is 0 Å². The zero-order chi connectivity index (χ0) is 69.1. The molecule has 0 unspecified atom stereocenters. The van der Waals surface area contributed by atoms with Crippen molar-refractivity contribution in [1.82, 2.24) is 13.7 Å². The molecule has 0 spiro atoms. The molecule has 98 heavy (non-hydrogen) atoms. The van der Waals surface area contributed by atoms with Crippen LogP contribution in [0.4, 0.5) is 0 Å². The molecule has 0 amide bonds. The minimum Gasteiger partial charge on any atom is -0.343 e. The molecule has 10 aromatic carbocycles. The summed E-state index contributed by atoms with van der Waals surface area (Å²) in [5, 5.41) is 15.3. The number of benzene rings is 10. The zero-order valence-electron chi connectivity index (χ0n) is 61.0. The van der Waals surface area contributed by atoms with Crippen LogP contribution in [0.5, 0.6) is 0 Å². The van der Waals surface area contributed by atoms with E-state index in [1.54, 1.807) is 0 Å². The smallest absolute Gasteiger partial charge is 0.214 e. The van der Waals surface area contributed by atoms with Crippen molar-refractivity contribution in [1.29, 1.82) is 0 Å². The van der Waals surface area contributed by atoms with E-state index in [1.807, 2.05) is 0 Å². The van der Waals surface area contributed by atoms with E-state index in [1.165, 1.54) is 190 Å². The SMILES string of the molecule is Cc1ccccc1-c1cc2c(c[n+]1C)c1ccc3cc(-c4ccccc4)ccc3c1n2C.[2H]C1(c2ccc3c(ccc4c5c[n+](C)c(-c6ccccc6C)cc5n(C)c34)c2)CCC(C)(C)CC1.[2H]C1(c2ccc3c(ccc4c5c[n+](C)c(-c6ccccc6C)cc5n(C)c34)c2)CCCCC1. The summed E-state index contributed by atoms with van der Waals surface area (Å²) < 4.78 is 32.1. The molecule has 2 saturated carbocycles. The lowest BCUT2D eigenvalue weighted by Crippen LogP contribution is -2.30. The molecule has 0 bridgehead atoms. The van der Waals surface area contributed by atoms with E-state index in [9.17, 15) is 1.37 Å². The predicted molar refractivity (Wildman–Crippen MR) is 414 cm³/mol. The van der Waals surface area contributed by atoms with Gasteiger partial charge in [0.05, 0.1) is 49.3 Å². The van der Waals surface area contributed by atoms with E-state index in [0.29, 0.717) is 5.41 Å². The van der Waals surface area contributed by atoms with Crippen molar-refractivity contribution in [3.63, 3.8) is 0 Å². The summed E-state index contributed by atoms with van der Waals surface area (Å²) >= 11 is 0. The summed E-state index contributed by atoms with van der Waals surface area (Å²) in [5.41, 5.74) is 24.2. The molecule has 6 heteroatoms. The molecule has 2 aliphatic rings. The van der Waals surface area contributed by atoms with Gasteiger partial charge in [0.1, 0.15) is 21.1 Å². The Bertz CT molecular complexity index is 5950. The molecular formula is C92H91N6+3. The summed E-state index contributed by atoms with van der Waals surface area (Å²) in [4.78, 5) is 0. The number of rotatable bonds is 6. The van der Waals surface area contributed by atoms with Crippen molar-refractivity contribution in [2.24, 2.45) is 47.7 Å². The van der Waals surface area contributed by atoms with Gasteiger partial charge in [-0.25, -0.2) is 13.7 Å². The van der Waals surface area contributed by atoms with Crippen LogP contribution in [0.1, 0.15) is 114 Å². The van der Waals surface area contributed by atoms with Gasteiger partial charge in [-0.1, -0.05) is 203 Å². The molecule has 16 aromatic rings. The predicted octanol–water partition coefficient (Wildman–Crippen LogP) is 22.3. The largest absolute Gasteiger partial charge is 0.343 e. The fourth-order valence-corrected chi connectivity index (χ4v) is 16.8. The van der Waals surface area contributed by atoms with E-state index < -0.39 is 11.8 Å². The topological polar surface area (TPSA) is 26.4 Å². The Morgan fingerprint density at radius 1 is 0.347 bits per heavy atom. The number of pyridine rings is 3. The van der Waals surface area contributed by atoms with Gasteiger partial charge in [0.25, 0.3) is 0 Å². The molecule has 486 valence electrons. The van der Waals surface area contributed by atoms with Crippen LogP contribution >= 0.6 is 0 Å². The molecule has 0 N–H and O–H groups in total. The lowest BCUT2D eigenvalue weighted by atomic mass is 9.71. The summed E-state index contributed by atoms with van der Waals surface area (Å²) in [5.74, 6) is -0.885. The van der Waals surface area contributed by atoms with Crippen LogP contribution in [0.3, 0.4) is 0 Å². The highest BCUT2D eigenvalue weighted by Gasteiger charge is 2.29. The molecule has 0 saturated heterocycles. The van der Waals surface area contributed by atoms with Gasteiger partial charge in [-0.15, -0.1) is 0 Å². The van der Waals surface area contributed by atoms with Crippen LogP contribution in [0.15, 0.2) is 231 Å². The van der Waals surface area contributed by atoms with Crippen molar-refractivity contribution in [3.05, 3.63) is 259 Å². The molecule has 6 heterocycles. The Kier molecular flexibility index (Phi) is 15.4. The minimum absolute atomic E-state index is 0.365. The first-order valence-electron chi connectivity index (χ1n) is 36.5. The van der Waals surface area contributed by atoms with E-state index in [-0.39, 0.29) is 0 Å². The summed E-state index contributed by atoms with van der Waals surface area (Å²) in [7, 11) is 13.0. The van der Waals surface area contributed by atoms with Gasteiger partial charge >= 0.3 is 0 Å². The van der Waals surface area contributed by atoms with E-state index in [4.69, 9.17) is 1.37 Å². The fraction of sp³-hybridized carbons (Fsp3) is 0.250. The quantitative estimate of drug-likeness (QED) is 0.148. The van der Waals surface area contributed by atoms with Gasteiger partial charge in [0.15, 0.2) is 18.6 Å². The maximum absolute atomic E-state index is 9.24. The van der Waals surface area contributed by atoms with Gasteiger partial charge in [0, 0.05) is 91.1 Å². The number of fused-ring (bicyclic) bond motifs is 15. The minimum atomic E-state index is -0.464. The van der Waals surface area contributed by atoms with Gasteiger partial charge in [0.2, 0.25) is 17.1 Å². The highest BCUT2D eigenvalue weighted by molar-refractivity contribution is 6.20. The number of hydrogen-bond acceptors (Lipinski definition) is 0. The van der Waals surface area contributed by atoms with Gasteiger partial charge in [-0.2, -0.15) is 0 Å². The zero-order valence-corrected chi connectivity index (χ0v) is 59.0. The van der Waals surface area contributed by atoms with Gasteiger partial charge in [-0.3, -0.25) is 0 Å². The second kappa shape index (κ2) is 25.0. The highest BCUT2D eigenvalue weighted by Crippen LogP contribution is 2.45. The Hall–Kier alpha value is -10.2. The van der Waals surface area contributed by atoms with Crippen LogP contribution < -0.4 is 13.7 Å². The van der Waals surface area contributed by atoms with Crippen LogP contribution in [-0.2, 0) is 42.3 Å². The normalized spacial score (nSPS) is 15.5. The Balaban J connectivity index is 0.000000117. The van der Waals surface area contributed by atoms with Crippen LogP contribution in [0.25, 0.3) is 143 Å². The monoisotopic (exact) mass is 1280 g/mol. The molecule has 6 nitrogen and oxygen atoms in total. The maximum Gasteiger partial charge on any atom is 0.214 e. The van der Waals surface area contributed by atoms with Crippen molar-refractivity contribution in [3.8, 4) is 44.9 Å². The van der Waals surface area contributed by atoms with Crippen LogP contribution in [0, 0.1) is 26.2 Å². The first kappa shape index (κ1) is 60.3. The second-order valence-electron chi connectivity index (χ2n) is 29.3. The first-order valence-corrected chi connectivity index (χ1v) is 35.5. The molecule has 6 aromatic heterocycles. The molecule has 2 aliphatic carbocycles. The molecular weight excluding hydrogens is 1190 g/mol. The molecule has 0 atom stereocenters. The maximum atomic E-state index is 9.24. The van der Waals surface area contributed by atoms with Crippen LogP contribution in [0.2, 0.25) is 0 Å². The average Bonchev–Trinajstić information content (AvgIpc) is 1.58. The number of nitrogens with zero attached hydrogens (tertiary/aromatic N) is 6. The third-order valence-electron chi connectivity index (χ3n) is 22.5. The van der Waals surface area contributed by atoms with Crippen molar-refractivity contribution in [2.45, 2.75) is 104 Å². The second-order valence-corrected chi connectivity index (χ2v) is 29.3. The van der Waals surface area contributed by atoms with E-state index in [2.05, 4.69) is 335 Å². The van der Waals surface area contributed by atoms with Crippen molar-refractivity contribution < 1.29 is 16.4 Å².